The minimum Gasteiger partial charge on any atom is -0.510 e. The third-order valence-electron chi connectivity index (χ3n) is 18.1. The molecular formula is C82H80Ir2N10. The third kappa shape index (κ3) is 12.5. The molecule has 0 spiro atoms. The first kappa shape index (κ1) is 66.7. The number of aryl methyl sites for hydroxylation is 4. The van der Waals surface area contributed by atoms with Gasteiger partial charge in [0.15, 0.2) is 0 Å². The largest absolute Gasteiger partial charge is 3.00 e. The molecule has 6 heterocycles. The molecule has 0 fully saturated rings. The van der Waals surface area contributed by atoms with Gasteiger partial charge in [-0.3, -0.25) is 9.97 Å². The number of benzene rings is 10. The van der Waals surface area contributed by atoms with Crippen LogP contribution in [0.5, 0.6) is 0 Å². The van der Waals surface area contributed by atoms with E-state index in [-0.39, 0.29) is 40.2 Å². The van der Waals surface area contributed by atoms with Crippen molar-refractivity contribution in [1.29, 1.82) is 0 Å². The Balaban J connectivity index is 0.000000140. The summed E-state index contributed by atoms with van der Waals surface area (Å²) in [6.45, 7) is 22.2. The van der Waals surface area contributed by atoms with Crippen LogP contribution in [0.2, 0.25) is 0 Å². The molecule has 0 unspecified atom stereocenters. The fourth-order valence-corrected chi connectivity index (χ4v) is 13.5. The quantitative estimate of drug-likeness (QED) is 0.112. The van der Waals surface area contributed by atoms with Gasteiger partial charge in [-0.1, -0.05) is 125 Å². The van der Waals surface area contributed by atoms with Gasteiger partial charge in [0.1, 0.15) is 11.6 Å². The van der Waals surface area contributed by atoms with Crippen LogP contribution in [0.3, 0.4) is 0 Å². The molecule has 0 N–H and O–H groups in total. The smallest absolute Gasteiger partial charge is 0.510 e. The van der Waals surface area contributed by atoms with Crippen molar-refractivity contribution in [3.05, 3.63) is 255 Å². The molecular weight excluding hydrogens is 1510 g/mol. The molecule has 0 saturated heterocycles. The van der Waals surface area contributed by atoms with E-state index >= 15 is 0 Å². The molecule has 10 aromatic carbocycles. The summed E-state index contributed by atoms with van der Waals surface area (Å²) in [6, 6.07) is 66.7. The molecule has 2 aliphatic heterocycles. The summed E-state index contributed by atoms with van der Waals surface area (Å²) in [5, 5.41) is 13.4. The summed E-state index contributed by atoms with van der Waals surface area (Å²) < 4.78 is 8.97. The summed E-state index contributed by atoms with van der Waals surface area (Å²) in [6.07, 6.45) is 14.5. The van der Waals surface area contributed by atoms with Gasteiger partial charge in [-0.25, -0.2) is 0 Å². The number of nitrogens with zero attached hydrogens (tertiary/aromatic N) is 10. The molecule has 4 aromatic heterocycles. The van der Waals surface area contributed by atoms with Gasteiger partial charge in [0.25, 0.3) is 0 Å². The summed E-state index contributed by atoms with van der Waals surface area (Å²) in [5.74, 6) is 3.74. The second kappa shape index (κ2) is 27.7. The van der Waals surface area contributed by atoms with E-state index in [1.165, 1.54) is 98.4 Å². The molecule has 0 aliphatic carbocycles. The van der Waals surface area contributed by atoms with E-state index in [9.17, 15) is 0 Å². The van der Waals surface area contributed by atoms with Crippen LogP contribution in [0, 0.1) is 37.6 Å². The molecule has 2 aliphatic rings. The molecule has 0 atom stereocenters. The maximum atomic E-state index is 5.36. The molecule has 0 bridgehead atoms. The Hall–Kier alpha value is -8.76. The number of para-hydroxylation sites is 2. The molecule has 0 radical (unpaired) electrons. The number of rotatable bonds is 8. The van der Waals surface area contributed by atoms with Gasteiger partial charge >= 0.3 is 40.2 Å². The first-order chi connectivity index (χ1) is 44.4. The van der Waals surface area contributed by atoms with Crippen molar-refractivity contribution in [1.82, 2.24) is 38.0 Å². The fraction of sp³-hybridized carbons (Fsp3) is 0.220. The SMILES string of the molecule is CC(C)c1cccc(C(C)C)c1-c1nc2c3[c-]cccc3c3cc4ccn(C)c4cc3c2n1C.CC(C)c1cccc(C(C)C)c1-c1nc2c3[c-]cccc3c3cc4cn(C)cc4cc3c2n1C.CN1C=CN(c2[c-]cccc2)[CH-]1.CN1C=CN(c2[c-]cccc2)[CH-]1.[Ir+3].[Ir+3]. The van der Waals surface area contributed by atoms with E-state index in [2.05, 4.69) is 236 Å². The number of anilines is 2. The first-order valence-corrected chi connectivity index (χ1v) is 32.1. The molecule has 10 nitrogen and oxygen atoms in total. The van der Waals surface area contributed by atoms with Gasteiger partial charge in [-0.05, 0) is 130 Å². The Morgan fingerprint density at radius 1 is 0.394 bits per heavy atom. The Morgan fingerprint density at radius 3 is 1.19 bits per heavy atom. The standard InChI is InChI=1S/2C31H30N3.2C10H10N2.2Ir/c1-18(2)22-12-9-13-23(19(3)4)28(22)31-32-29-25-11-8-7-10-24(25)26-14-20-16-33(5)17-21(20)15-27(26)30(29)34(31)6;1-18(2)21-12-9-13-22(19(3)4)28(21)31-32-29-24-11-8-7-10-23(24)25-16-20-14-15-33(5)27(20)17-26(25)30(29)34(31)6;2*1-11-7-8-12(9-11)10-5-3-2-4-6-10;;/h2*7-10,12-19H,1-6H3;2*2-5,7-9H,1H3;;/q2*-1;2*-2;2*+3. The van der Waals surface area contributed by atoms with E-state index in [0.29, 0.717) is 23.7 Å². The number of hydrogen-bond donors (Lipinski definition) is 0. The van der Waals surface area contributed by atoms with Crippen LogP contribution >= 0.6 is 0 Å². The zero-order valence-corrected chi connectivity index (χ0v) is 60.9. The van der Waals surface area contributed by atoms with Gasteiger partial charge in [0, 0.05) is 85.5 Å². The minimum absolute atomic E-state index is 0. The van der Waals surface area contributed by atoms with E-state index in [0.717, 1.165) is 44.8 Å². The van der Waals surface area contributed by atoms with Crippen molar-refractivity contribution in [3.63, 3.8) is 0 Å². The summed E-state index contributed by atoms with van der Waals surface area (Å²) >= 11 is 0. The van der Waals surface area contributed by atoms with E-state index in [1.54, 1.807) is 0 Å². The van der Waals surface area contributed by atoms with E-state index in [4.69, 9.17) is 9.97 Å². The predicted molar refractivity (Wildman–Crippen MR) is 387 cm³/mol. The van der Waals surface area contributed by atoms with Gasteiger partial charge in [-0.2, -0.15) is 74.0 Å². The predicted octanol–water partition coefficient (Wildman–Crippen LogP) is 19.8. The van der Waals surface area contributed by atoms with Crippen molar-refractivity contribution >= 4 is 98.2 Å². The minimum atomic E-state index is 0. The molecule has 94 heavy (non-hydrogen) atoms. The monoisotopic (exact) mass is 1590 g/mol. The fourth-order valence-electron chi connectivity index (χ4n) is 13.5. The molecule has 16 rings (SSSR count). The number of hydrogen-bond acceptors (Lipinski definition) is 6. The van der Waals surface area contributed by atoms with Crippen molar-refractivity contribution < 1.29 is 40.2 Å². The Bertz CT molecular complexity index is 4960. The first-order valence-electron chi connectivity index (χ1n) is 32.1. The normalized spacial score (nSPS) is 13.0. The number of fused-ring (bicyclic) bond motifs is 14. The molecule has 14 aromatic rings. The van der Waals surface area contributed by atoms with Crippen molar-refractivity contribution in [3.8, 4) is 22.8 Å². The molecule has 12 heteroatoms. The van der Waals surface area contributed by atoms with Gasteiger partial charge < -0.3 is 37.9 Å². The van der Waals surface area contributed by atoms with Gasteiger partial charge in [-0.15, -0.1) is 70.7 Å². The number of imidazole rings is 2. The zero-order valence-electron chi connectivity index (χ0n) is 56.1. The van der Waals surface area contributed by atoms with Crippen LogP contribution in [-0.2, 0) is 68.4 Å². The van der Waals surface area contributed by atoms with Crippen LogP contribution in [0.4, 0.5) is 11.4 Å². The molecule has 476 valence electrons. The van der Waals surface area contributed by atoms with E-state index in [1.807, 2.05) is 132 Å². The van der Waals surface area contributed by atoms with Gasteiger partial charge in [0.05, 0.1) is 0 Å². The maximum absolute atomic E-state index is 5.36. The summed E-state index contributed by atoms with van der Waals surface area (Å²) in [4.78, 5) is 18.8. The number of aromatic nitrogens is 6. The average Bonchev–Trinajstić information content (AvgIpc) is 1.54. The topological polar surface area (TPSA) is 58.5 Å². The average molecular weight is 1590 g/mol. The molecule has 0 amide bonds. The van der Waals surface area contributed by atoms with E-state index < -0.39 is 0 Å². The van der Waals surface area contributed by atoms with Crippen molar-refractivity contribution in [2.45, 2.75) is 79.1 Å². The van der Waals surface area contributed by atoms with Gasteiger partial charge in [0.2, 0.25) is 0 Å². The summed E-state index contributed by atoms with van der Waals surface area (Å²) in [7, 11) is 12.6. The Labute approximate surface area is 581 Å². The molecule has 0 saturated carbocycles. The van der Waals surface area contributed by atoms with Crippen LogP contribution in [0.25, 0.3) is 110 Å². The Morgan fingerprint density at radius 2 is 0.798 bits per heavy atom. The van der Waals surface area contributed by atoms with Crippen molar-refractivity contribution in [2.24, 2.45) is 28.2 Å². The second-order valence-corrected chi connectivity index (χ2v) is 25.8. The third-order valence-corrected chi connectivity index (χ3v) is 18.1. The van der Waals surface area contributed by atoms with Crippen LogP contribution < -0.4 is 9.80 Å². The maximum Gasteiger partial charge on any atom is 3.00 e. The second-order valence-electron chi connectivity index (χ2n) is 25.8. The Kier molecular flexibility index (Phi) is 19.6. The van der Waals surface area contributed by atoms with Crippen LogP contribution in [0.15, 0.2) is 195 Å². The van der Waals surface area contributed by atoms with Crippen LogP contribution in [0.1, 0.15) is 101 Å². The van der Waals surface area contributed by atoms with Crippen molar-refractivity contribution in [2.75, 3.05) is 23.9 Å². The summed E-state index contributed by atoms with van der Waals surface area (Å²) in [5.41, 5.74) is 15.8. The van der Waals surface area contributed by atoms with Crippen LogP contribution in [-0.4, -0.2) is 52.1 Å². The zero-order chi connectivity index (χ0) is 64.2.